The number of alkyl halides is 1. The second-order valence-electron chi connectivity index (χ2n) is 14.5. The third-order valence-electron chi connectivity index (χ3n) is 9.92. The summed E-state index contributed by atoms with van der Waals surface area (Å²) in [7, 11) is 0. The summed E-state index contributed by atoms with van der Waals surface area (Å²) in [5, 5.41) is 45.8. The number of aromatic amines is 1. The lowest BCUT2D eigenvalue weighted by atomic mass is 10.0. The van der Waals surface area contributed by atoms with Gasteiger partial charge in [-0.2, -0.15) is 9.79 Å². The van der Waals surface area contributed by atoms with Crippen LogP contribution >= 0.6 is 46.4 Å². The van der Waals surface area contributed by atoms with Gasteiger partial charge in [0.15, 0.2) is 11.5 Å². The molecule has 0 amide bonds. The Morgan fingerprint density at radius 1 is 0.793 bits per heavy atom. The Hall–Kier alpha value is -4.35. The lowest BCUT2D eigenvalue weighted by Gasteiger charge is -2.28. The van der Waals surface area contributed by atoms with Crippen molar-refractivity contribution in [3.8, 4) is 23.2 Å². The van der Waals surface area contributed by atoms with E-state index < -0.39 is 5.56 Å². The maximum atomic E-state index is 14.4. The third-order valence-corrected chi connectivity index (χ3v) is 11.1. The average Bonchev–Trinajstić information content (AvgIpc) is 3.69. The quantitative estimate of drug-likeness (QED) is 0.0238. The second-order valence-corrected chi connectivity index (χ2v) is 16.3. The van der Waals surface area contributed by atoms with Gasteiger partial charge in [-0.15, -0.1) is 16.7 Å². The zero-order chi connectivity index (χ0) is 41.6. The summed E-state index contributed by atoms with van der Waals surface area (Å²) >= 11 is 26.4. The number of unbranched alkanes of at least 4 members (excludes halogenated alkanes) is 10. The highest BCUT2D eigenvalue weighted by molar-refractivity contribution is 6.40. The standard InChI is InChI=1S/C44H52Cl4N6O4/c1-3-4-5-6-7-8-9-10-11-12-13-14-15-16-20-32(45)27-31-19-17-18-21-37(31)53(54-39(56)24-25-40(54)57)43-41(50-49-34-22-23-38(55)30(2)26-34)44(58)52(51-43)42-35(47)28-33(46)29-36(42)48/h14-15,17-19,21-26,28-29,32,51,55-57H,3-13,16,20,27H2,1-2H3. The summed E-state index contributed by atoms with van der Waals surface area (Å²) < 4.78 is 2.23. The van der Waals surface area contributed by atoms with Crippen molar-refractivity contribution < 1.29 is 15.3 Å². The van der Waals surface area contributed by atoms with Crippen molar-refractivity contribution in [2.24, 2.45) is 10.2 Å². The van der Waals surface area contributed by atoms with Gasteiger partial charge < -0.3 is 15.3 Å². The molecule has 14 heteroatoms. The molecule has 0 aliphatic heterocycles. The predicted molar refractivity (Wildman–Crippen MR) is 238 cm³/mol. The van der Waals surface area contributed by atoms with Crippen molar-refractivity contribution in [2.75, 3.05) is 5.01 Å². The number of benzene rings is 3. The number of nitrogens with one attached hydrogen (secondary N) is 1. The minimum absolute atomic E-state index is 0.00149. The van der Waals surface area contributed by atoms with Gasteiger partial charge in [0, 0.05) is 22.5 Å². The molecular weight excluding hydrogens is 818 g/mol. The van der Waals surface area contributed by atoms with Gasteiger partial charge in [-0.1, -0.05) is 130 Å². The molecule has 0 saturated carbocycles. The monoisotopic (exact) mass is 868 g/mol. The fourth-order valence-electron chi connectivity index (χ4n) is 6.80. The fourth-order valence-corrected chi connectivity index (χ4v) is 8.08. The molecule has 1 atom stereocenters. The number of aryl methyl sites for hydroxylation is 1. The number of para-hydroxylation sites is 1. The van der Waals surface area contributed by atoms with E-state index in [0.29, 0.717) is 23.4 Å². The van der Waals surface area contributed by atoms with Crippen molar-refractivity contribution in [3.05, 3.63) is 115 Å². The molecule has 5 aromatic rings. The van der Waals surface area contributed by atoms with Gasteiger partial charge in [0.2, 0.25) is 11.8 Å². The number of aromatic nitrogens is 3. The number of H-pyrrole nitrogens is 1. The molecule has 0 radical (unpaired) electrons. The molecule has 2 heterocycles. The van der Waals surface area contributed by atoms with E-state index in [0.717, 1.165) is 34.2 Å². The molecule has 0 bridgehead atoms. The minimum atomic E-state index is -0.700. The zero-order valence-corrected chi connectivity index (χ0v) is 36.0. The molecule has 3 aromatic carbocycles. The smallest absolute Gasteiger partial charge is 0.301 e. The van der Waals surface area contributed by atoms with E-state index >= 15 is 0 Å². The van der Waals surface area contributed by atoms with E-state index in [1.807, 2.05) is 12.1 Å². The number of hydrogen-bond acceptors (Lipinski definition) is 7. The van der Waals surface area contributed by atoms with Crippen LogP contribution in [0.4, 0.5) is 22.9 Å². The Balaban J connectivity index is 1.41. The molecule has 4 N–H and O–H groups in total. The van der Waals surface area contributed by atoms with E-state index in [1.54, 1.807) is 31.2 Å². The number of phenols is 1. The van der Waals surface area contributed by atoms with Gasteiger partial charge >= 0.3 is 5.56 Å². The highest BCUT2D eigenvalue weighted by Gasteiger charge is 2.30. The number of phenolic OH excluding ortho intramolecular Hbond substituents is 1. The molecule has 0 aliphatic rings. The summed E-state index contributed by atoms with van der Waals surface area (Å²) in [5.74, 6) is -0.595. The van der Waals surface area contributed by atoms with Gasteiger partial charge in [-0.05, 0) is 86.6 Å². The van der Waals surface area contributed by atoms with Crippen LogP contribution in [-0.2, 0) is 6.42 Å². The molecule has 0 saturated heterocycles. The molecule has 10 nitrogen and oxygen atoms in total. The van der Waals surface area contributed by atoms with Crippen LogP contribution in [0.2, 0.25) is 15.1 Å². The van der Waals surface area contributed by atoms with Crippen LogP contribution in [-0.4, -0.2) is 35.2 Å². The summed E-state index contributed by atoms with van der Waals surface area (Å²) in [6, 6.07) is 17.5. The van der Waals surface area contributed by atoms with Crippen molar-refractivity contribution in [1.29, 1.82) is 0 Å². The van der Waals surface area contributed by atoms with Crippen LogP contribution < -0.4 is 10.6 Å². The fraction of sp³-hybridized carbons (Fsp3) is 0.386. The van der Waals surface area contributed by atoms with E-state index in [2.05, 4.69) is 34.4 Å². The summed E-state index contributed by atoms with van der Waals surface area (Å²) in [5.41, 5.74) is 1.33. The van der Waals surface area contributed by atoms with Crippen LogP contribution in [0.15, 0.2) is 93.9 Å². The van der Waals surface area contributed by atoms with Crippen LogP contribution in [0.5, 0.6) is 17.5 Å². The number of nitrogens with zero attached hydrogens (tertiary/aromatic N) is 5. The van der Waals surface area contributed by atoms with Crippen molar-refractivity contribution in [1.82, 2.24) is 14.5 Å². The number of rotatable bonds is 22. The summed E-state index contributed by atoms with van der Waals surface area (Å²) in [4.78, 5) is 14.4. The lowest BCUT2D eigenvalue weighted by Crippen LogP contribution is -2.26. The Bertz CT molecular complexity index is 2190. The van der Waals surface area contributed by atoms with Gasteiger partial charge in [0.25, 0.3) is 0 Å². The average molecular weight is 871 g/mol. The molecule has 1 unspecified atom stereocenters. The van der Waals surface area contributed by atoms with Gasteiger partial charge in [-0.3, -0.25) is 9.89 Å². The van der Waals surface area contributed by atoms with Crippen LogP contribution in [0.3, 0.4) is 0 Å². The van der Waals surface area contributed by atoms with E-state index in [4.69, 9.17) is 46.4 Å². The summed E-state index contributed by atoms with van der Waals surface area (Å²) in [6.07, 6.45) is 20.6. The lowest BCUT2D eigenvalue weighted by molar-refractivity contribution is 0.379. The van der Waals surface area contributed by atoms with Crippen LogP contribution in [0, 0.1) is 6.92 Å². The van der Waals surface area contributed by atoms with Gasteiger partial charge in [-0.25, -0.2) is 9.69 Å². The first kappa shape index (κ1) is 44.7. The molecule has 0 fully saturated rings. The molecule has 5 rings (SSSR count). The number of azo groups is 1. The first-order chi connectivity index (χ1) is 28.0. The number of hydrogen-bond donors (Lipinski definition) is 4. The van der Waals surface area contributed by atoms with E-state index in [1.165, 1.54) is 99.5 Å². The number of halogens is 4. The van der Waals surface area contributed by atoms with Crippen molar-refractivity contribution >= 4 is 69.3 Å². The second kappa shape index (κ2) is 22.1. The number of allylic oxidation sites excluding steroid dienone is 2. The molecule has 0 spiro atoms. The zero-order valence-electron chi connectivity index (χ0n) is 33.0. The van der Waals surface area contributed by atoms with Crippen molar-refractivity contribution in [3.63, 3.8) is 0 Å². The van der Waals surface area contributed by atoms with Gasteiger partial charge in [0.05, 0.1) is 21.4 Å². The normalized spacial score (nSPS) is 12.3. The van der Waals surface area contributed by atoms with Crippen LogP contribution in [0.1, 0.15) is 102 Å². The molecule has 0 aliphatic carbocycles. The Morgan fingerprint density at radius 2 is 1.41 bits per heavy atom. The molecule has 2 aromatic heterocycles. The largest absolute Gasteiger partial charge is 0.508 e. The van der Waals surface area contributed by atoms with Gasteiger partial charge in [0.1, 0.15) is 11.4 Å². The number of anilines is 2. The number of aromatic hydroxyl groups is 3. The molecule has 58 heavy (non-hydrogen) atoms. The molecular formula is C44H52Cl4N6O4. The Labute approximate surface area is 360 Å². The highest BCUT2D eigenvalue weighted by atomic mass is 35.5. The molecule has 310 valence electrons. The highest BCUT2D eigenvalue weighted by Crippen LogP contribution is 2.41. The topological polar surface area (TPSA) is 131 Å². The maximum Gasteiger partial charge on any atom is 0.301 e. The van der Waals surface area contributed by atoms with E-state index in [-0.39, 0.29) is 55.1 Å². The predicted octanol–water partition coefficient (Wildman–Crippen LogP) is 14.2. The minimum Gasteiger partial charge on any atom is -0.508 e. The summed E-state index contributed by atoms with van der Waals surface area (Å²) in [6.45, 7) is 3.97. The van der Waals surface area contributed by atoms with Crippen LogP contribution in [0.25, 0.3) is 5.69 Å². The first-order valence-corrected chi connectivity index (χ1v) is 21.6. The Kier molecular flexibility index (Phi) is 17.1. The van der Waals surface area contributed by atoms with Crippen molar-refractivity contribution in [2.45, 2.75) is 109 Å². The maximum absolute atomic E-state index is 14.4. The first-order valence-electron chi connectivity index (χ1n) is 20.0. The van der Waals surface area contributed by atoms with E-state index in [9.17, 15) is 20.1 Å². The SMILES string of the molecule is CCCCCCCCCCCCC=CCCC(Cl)Cc1ccccc1N(c1[nH]n(-c2c(Cl)cc(Cl)cc2Cl)c(=O)c1N=Nc1ccc(O)c(C)c1)n1c(O)ccc1O. The Morgan fingerprint density at radius 3 is 2.07 bits per heavy atom. The third kappa shape index (κ3) is 11.9.